The summed E-state index contributed by atoms with van der Waals surface area (Å²) in [5.41, 5.74) is 5.35. The fourth-order valence-corrected chi connectivity index (χ4v) is 1.41. The van der Waals surface area contributed by atoms with Crippen molar-refractivity contribution in [3.05, 3.63) is 41.8 Å². The van der Waals surface area contributed by atoms with Crippen LogP contribution in [-0.4, -0.2) is 22.9 Å². The van der Waals surface area contributed by atoms with Crippen molar-refractivity contribution in [3.8, 4) is 11.6 Å². The predicted octanol–water partition coefficient (Wildman–Crippen LogP) is 1.55. The van der Waals surface area contributed by atoms with Gasteiger partial charge in [0.25, 0.3) is 11.8 Å². The van der Waals surface area contributed by atoms with E-state index in [4.69, 9.17) is 10.5 Å². The van der Waals surface area contributed by atoms with Gasteiger partial charge in [0.05, 0.1) is 11.8 Å². The fourth-order valence-electron chi connectivity index (χ4n) is 1.41. The van der Waals surface area contributed by atoms with Crippen molar-refractivity contribution < 1.29 is 13.9 Å². The van der Waals surface area contributed by atoms with Gasteiger partial charge in [0.2, 0.25) is 11.8 Å². The lowest BCUT2D eigenvalue weighted by Crippen LogP contribution is -2.12. The number of nitrogens with two attached hydrogens (primary N) is 1. The Kier molecular flexibility index (Phi) is 3.56. The summed E-state index contributed by atoms with van der Waals surface area (Å²) in [6.45, 7) is 0. The molecule has 1 aromatic heterocycles. The standard InChI is InChI=1S/C12H11FN4O2/c1-15-12-16-6-8(13)11(17-12)19-9-5-3-2-4-7(9)10(14)18/h2-6H,1H3,(H2,14,18)(H,15,16,17). The van der Waals surface area contributed by atoms with E-state index in [0.717, 1.165) is 6.20 Å². The third-order valence-electron chi connectivity index (χ3n) is 2.29. The first-order valence-electron chi connectivity index (χ1n) is 5.39. The molecule has 2 aromatic rings. The molecule has 98 valence electrons. The average Bonchev–Trinajstić information content (AvgIpc) is 2.41. The molecule has 2 rings (SSSR count). The second kappa shape index (κ2) is 5.30. The quantitative estimate of drug-likeness (QED) is 0.872. The third kappa shape index (κ3) is 2.76. The lowest BCUT2D eigenvalue weighted by Gasteiger charge is -2.09. The van der Waals surface area contributed by atoms with Crippen molar-refractivity contribution in [3.63, 3.8) is 0 Å². The van der Waals surface area contributed by atoms with Gasteiger partial charge in [-0.15, -0.1) is 0 Å². The molecule has 0 saturated heterocycles. The van der Waals surface area contributed by atoms with Crippen LogP contribution < -0.4 is 15.8 Å². The van der Waals surface area contributed by atoms with Gasteiger partial charge in [0.15, 0.2) is 0 Å². The lowest BCUT2D eigenvalue weighted by molar-refractivity contribution is 0.0998. The number of benzene rings is 1. The minimum atomic E-state index is -0.738. The highest BCUT2D eigenvalue weighted by atomic mass is 19.1. The van der Waals surface area contributed by atoms with E-state index in [1.807, 2.05) is 0 Å². The number of aromatic nitrogens is 2. The van der Waals surface area contributed by atoms with Crippen molar-refractivity contribution in [2.24, 2.45) is 5.73 Å². The summed E-state index contributed by atoms with van der Waals surface area (Å²) in [7, 11) is 1.59. The Bertz CT molecular complexity index is 618. The number of anilines is 1. The van der Waals surface area contributed by atoms with Gasteiger partial charge in [0.1, 0.15) is 5.75 Å². The van der Waals surface area contributed by atoms with Crippen LogP contribution in [0.15, 0.2) is 30.5 Å². The van der Waals surface area contributed by atoms with E-state index in [0.29, 0.717) is 0 Å². The first-order chi connectivity index (χ1) is 9.11. The van der Waals surface area contributed by atoms with Crippen molar-refractivity contribution in [2.75, 3.05) is 12.4 Å². The number of amides is 1. The van der Waals surface area contributed by atoms with Gasteiger partial charge < -0.3 is 15.8 Å². The number of ether oxygens (including phenoxy) is 1. The molecule has 0 unspecified atom stereocenters. The maximum absolute atomic E-state index is 13.5. The summed E-state index contributed by atoms with van der Waals surface area (Å²) in [4.78, 5) is 18.7. The summed E-state index contributed by atoms with van der Waals surface area (Å²) in [6, 6.07) is 6.25. The Hall–Kier alpha value is -2.70. The van der Waals surface area contributed by atoms with Crippen molar-refractivity contribution in [2.45, 2.75) is 0 Å². The number of primary amides is 1. The van der Waals surface area contributed by atoms with Gasteiger partial charge in [-0.2, -0.15) is 9.37 Å². The number of hydrogen-bond acceptors (Lipinski definition) is 5. The number of carbonyl (C=O) groups excluding carboxylic acids is 1. The summed E-state index contributed by atoms with van der Waals surface area (Å²) in [5, 5.41) is 2.66. The molecule has 0 spiro atoms. The molecule has 0 atom stereocenters. The van der Waals surface area contributed by atoms with Crippen LogP contribution in [0.4, 0.5) is 10.3 Å². The van der Waals surface area contributed by atoms with Crippen LogP contribution in [0.5, 0.6) is 11.6 Å². The Balaban J connectivity index is 2.38. The van der Waals surface area contributed by atoms with Crippen LogP contribution >= 0.6 is 0 Å². The number of carbonyl (C=O) groups is 1. The molecule has 0 bridgehead atoms. The molecule has 6 nitrogen and oxygen atoms in total. The number of para-hydroxylation sites is 1. The van der Waals surface area contributed by atoms with Crippen LogP contribution in [0.1, 0.15) is 10.4 Å². The molecule has 0 fully saturated rings. The Morgan fingerprint density at radius 3 is 2.84 bits per heavy atom. The van der Waals surface area contributed by atoms with Gasteiger partial charge >= 0.3 is 0 Å². The number of nitrogens with zero attached hydrogens (tertiary/aromatic N) is 2. The van der Waals surface area contributed by atoms with Crippen LogP contribution in [-0.2, 0) is 0 Å². The maximum Gasteiger partial charge on any atom is 0.260 e. The zero-order valence-electron chi connectivity index (χ0n) is 10.1. The molecule has 0 saturated carbocycles. The molecule has 7 heteroatoms. The van der Waals surface area contributed by atoms with Gasteiger partial charge in [-0.05, 0) is 12.1 Å². The van der Waals surface area contributed by atoms with Crippen LogP contribution in [0.25, 0.3) is 0 Å². The minimum Gasteiger partial charge on any atom is -0.436 e. The van der Waals surface area contributed by atoms with E-state index in [1.165, 1.54) is 12.1 Å². The number of halogens is 1. The maximum atomic E-state index is 13.5. The fraction of sp³-hybridized carbons (Fsp3) is 0.0833. The summed E-state index contributed by atoms with van der Waals surface area (Å²) < 4.78 is 18.8. The smallest absolute Gasteiger partial charge is 0.260 e. The van der Waals surface area contributed by atoms with Crippen LogP contribution in [0.2, 0.25) is 0 Å². The lowest BCUT2D eigenvalue weighted by atomic mass is 10.2. The van der Waals surface area contributed by atoms with Gasteiger partial charge in [-0.3, -0.25) is 4.79 Å². The predicted molar refractivity (Wildman–Crippen MR) is 66.6 cm³/mol. The first kappa shape index (κ1) is 12.7. The highest BCUT2D eigenvalue weighted by Gasteiger charge is 2.13. The Labute approximate surface area is 108 Å². The highest BCUT2D eigenvalue weighted by molar-refractivity contribution is 5.95. The van der Waals surface area contributed by atoms with E-state index in [-0.39, 0.29) is 23.1 Å². The molecule has 1 heterocycles. The monoisotopic (exact) mass is 262 g/mol. The molecule has 1 aromatic carbocycles. The van der Waals surface area contributed by atoms with E-state index in [9.17, 15) is 9.18 Å². The molecule has 0 radical (unpaired) electrons. The molecule has 19 heavy (non-hydrogen) atoms. The summed E-state index contributed by atoms with van der Waals surface area (Å²) in [5.74, 6) is -1.35. The second-order valence-corrected chi connectivity index (χ2v) is 3.56. The molecular weight excluding hydrogens is 251 g/mol. The van der Waals surface area contributed by atoms with Crippen molar-refractivity contribution >= 4 is 11.9 Å². The zero-order valence-corrected chi connectivity index (χ0v) is 10.1. The van der Waals surface area contributed by atoms with Crippen molar-refractivity contribution in [1.82, 2.24) is 9.97 Å². The van der Waals surface area contributed by atoms with E-state index < -0.39 is 11.7 Å². The summed E-state index contributed by atoms with van der Waals surface area (Å²) >= 11 is 0. The van der Waals surface area contributed by atoms with Gasteiger partial charge in [-0.1, -0.05) is 12.1 Å². The number of rotatable bonds is 4. The minimum absolute atomic E-state index is 0.134. The van der Waals surface area contributed by atoms with Crippen molar-refractivity contribution in [1.29, 1.82) is 0 Å². The molecule has 0 aliphatic heterocycles. The van der Waals surface area contributed by atoms with E-state index >= 15 is 0 Å². The normalized spacial score (nSPS) is 10.0. The third-order valence-corrected chi connectivity index (χ3v) is 2.29. The van der Waals surface area contributed by atoms with E-state index in [1.54, 1.807) is 19.2 Å². The highest BCUT2D eigenvalue weighted by Crippen LogP contribution is 2.25. The second-order valence-electron chi connectivity index (χ2n) is 3.56. The van der Waals surface area contributed by atoms with Gasteiger partial charge in [-0.25, -0.2) is 4.98 Å². The zero-order chi connectivity index (χ0) is 13.8. The SMILES string of the molecule is CNc1ncc(F)c(Oc2ccccc2C(N)=O)n1. The molecule has 3 N–H and O–H groups in total. The molecule has 1 amide bonds. The Morgan fingerprint density at radius 2 is 2.16 bits per heavy atom. The van der Waals surface area contributed by atoms with Crippen LogP contribution in [0, 0.1) is 5.82 Å². The first-order valence-corrected chi connectivity index (χ1v) is 5.39. The average molecular weight is 262 g/mol. The van der Waals surface area contributed by atoms with Crippen LogP contribution in [0.3, 0.4) is 0 Å². The summed E-state index contributed by atoms with van der Waals surface area (Å²) in [6.07, 6.45) is 0.973. The molecule has 0 aliphatic rings. The largest absolute Gasteiger partial charge is 0.436 e. The molecular formula is C12H11FN4O2. The number of nitrogens with one attached hydrogen (secondary N) is 1. The topological polar surface area (TPSA) is 90.1 Å². The molecule has 0 aliphatic carbocycles. The van der Waals surface area contributed by atoms with Gasteiger partial charge in [0, 0.05) is 7.05 Å². The number of hydrogen-bond donors (Lipinski definition) is 2. The Morgan fingerprint density at radius 1 is 1.42 bits per heavy atom. The van der Waals surface area contributed by atoms with E-state index in [2.05, 4.69) is 15.3 Å².